The van der Waals surface area contributed by atoms with Crippen LogP contribution in [-0.4, -0.2) is 42.4 Å². The molecule has 6 nitrogen and oxygen atoms in total. The molecule has 2 aliphatic rings. The molecule has 2 fully saturated rings. The standard InChI is InChI=1S/C21H29N3O3/c1-3-21(2)13-18(25)24(19(26)14-21)15-23-11-9-16(10-12-23)20(27)22-17-7-5-4-6-8-17/h4-8,16H,3,9-15H2,1-2H3,(H,22,27)/p+1. The minimum Gasteiger partial charge on any atom is -0.326 e. The van der Waals surface area contributed by atoms with Gasteiger partial charge in [-0.3, -0.25) is 14.4 Å². The number of carbonyl (C=O) groups is 3. The Labute approximate surface area is 160 Å². The molecule has 2 heterocycles. The van der Waals surface area contributed by atoms with Gasteiger partial charge in [0.05, 0.1) is 13.1 Å². The van der Waals surface area contributed by atoms with E-state index in [1.807, 2.05) is 44.2 Å². The zero-order chi connectivity index (χ0) is 19.4. The third-order valence-electron chi connectivity index (χ3n) is 6.10. The lowest BCUT2D eigenvalue weighted by molar-refractivity contribution is -0.913. The Morgan fingerprint density at radius 3 is 2.30 bits per heavy atom. The number of nitrogens with one attached hydrogen (secondary N) is 2. The van der Waals surface area contributed by atoms with Crippen molar-refractivity contribution < 1.29 is 19.3 Å². The highest BCUT2D eigenvalue weighted by molar-refractivity contribution is 5.98. The Morgan fingerprint density at radius 1 is 1.15 bits per heavy atom. The number of hydrogen-bond acceptors (Lipinski definition) is 3. The number of likely N-dealkylation sites (tertiary alicyclic amines) is 2. The number of rotatable bonds is 5. The van der Waals surface area contributed by atoms with E-state index in [0.29, 0.717) is 19.5 Å². The van der Waals surface area contributed by atoms with Gasteiger partial charge >= 0.3 is 0 Å². The Kier molecular flexibility index (Phi) is 5.95. The second-order valence-corrected chi connectivity index (χ2v) is 8.27. The number of para-hydroxylation sites is 1. The molecule has 0 unspecified atom stereocenters. The maximum Gasteiger partial charge on any atom is 0.234 e. The highest BCUT2D eigenvalue weighted by atomic mass is 16.2. The van der Waals surface area contributed by atoms with Gasteiger partial charge in [0.15, 0.2) is 6.67 Å². The van der Waals surface area contributed by atoms with Gasteiger partial charge in [-0.25, -0.2) is 4.90 Å². The number of nitrogens with zero attached hydrogens (tertiary/aromatic N) is 1. The number of carbonyl (C=O) groups excluding carboxylic acids is 3. The van der Waals surface area contributed by atoms with Gasteiger partial charge in [0.1, 0.15) is 0 Å². The smallest absolute Gasteiger partial charge is 0.234 e. The van der Waals surface area contributed by atoms with E-state index in [1.54, 1.807) is 0 Å². The Hall–Kier alpha value is -2.21. The Bertz CT molecular complexity index is 678. The first-order chi connectivity index (χ1) is 12.9. The van der Waals surface area contributed by atoms with E-state index in [9.17, 15) is 14.4 Å². The summed E-state index contributed by atoms with van der Waals surface area (Å²) in [5, 5.41) is 2.97. The molecule has 0 radical (unpaired) electrons. The number of benzene rings is 1. The number of piperidine rings is 2. The van der Waals surface area contributed by atoms with E-state index in [0.717, 1.165) is 38.0 Å². The SMILES string of the molecule is CCC1(C)CC(=O)N(C[NH+]2CCC(C(=O)Nc3ccccc3)CC2)C(=O)C1. The topological polar surface area (TPSA) is 70.9 Å². The summed E-state index contributed by atoms with van der Waals surface area (Å²) >= 11 is 0. The lowest BCUT2D eigenvalue weighted by Gasteiger charge is -2.38. The first-order valence-electron chi connectivity index (χ1n) is 9.93. The molecule has 0 aliphatic carbocycles. The maximum absolute atomic E-state index is 12.5. The highest BCUT2D eigenvalue weighted by Crippen LogP contribution is 2.35. The van der Waals surface area contributed by atoms with E-state index in [1.165, 1.54) is 9.80 Å². The van der Waals surface area contributed by atoms with Gasteiger partial charge in [-0.1, -0.05) is 32.0 Å². The molecule has 3 amide bonds. The molecule has 3 rings (SSSR count). The minimum atomic E-state index is -0.192. The van der Waals surface area contributed by atoms with Crippen molar-refractivity contribution in [3.63, 3.8) is 0 Å². The van der Waals surface area contributed by atoms with E-state index in [4.69, 9.17) is 0 Å². The van der Waals surface area contributed by atoms with Crippen LogP contribution in [0.15, 0.2) is 30.3 Å². The second kappa shape index (κ2) is 8.21. The van der Waals surface area contributed by atoms with Crippen molar-refractivity contribution in [3.05, 3.63) is 30.3 Å². The molecule has 0 atom stereocenters. The molecule has 2 saturated heterocycles. The quantitative estimate of drug-likeness (QED) is 0.769. The van der Waals surface area contributed by atoms with Crippen molar-refractivity contribution >= 4 is 23.4 Å². The van der Waals surface area contributed by atoms with Gasteiger partial charge in [0.2, 0.25) is 17.7 Å². The van der Waals surface area contributed by atoms with Gasteiger partial charge in [-0.15, -0.1) is 0 Å². The van der Waals surface area contributed by atoms with Gasteiger partial charge in [-0.2, -0.15) is 0 Å². The van der Waals surface area contributed by atoms with E-state index in [-0.39, 0.29) is 29.1 Å². The van der Waals surface area contributed by atoms with Crippen molar-refractivity contribution in [1.29, 1.82) is 0 Å². The van der Waals surface area contributed by atoms with Crippen LogP contribution < -0.4 is 10.2 Å². The molecule has 27 heavy (non-hydrogen) atoms. The molecule has 1 aromatic carbocycles. The van der Waals surface area contributed by atoms with E-state index >= 15 is 0 Å². The molecule has 0 aromatic heterocycles. The van der Waals surface area contributed by atoms with Gasteiger partial charge in [0, 0.05) is 37.3 Å². The summed E-state index contributed by atoms with van der Waals surface area (Å²) in [5.41, 5.74) is 0.628. The molecule has 1 aromatic rings. The van der Waals surface area contributed by atoms with Gasteiger partial charge < -0.3 is 10.2 Å². The second-order valence-electron chi connectivity index (χ2n) is 8.27. The average molecular weight is 372 g/mol. The minimum absolute atomic E-state index is 0.00917. The van der Waals surface area contributed by atoms with Crippen LogP contribution in [0.3, 0.4) is 0 Å². The normalized spacial score (nSPS) is 25.3. The van der Waals surface area contributed by atoms with Crippen LogP contribution in [0.5, 0.6) is 0 Å². The molecule has 0 spiro atoms. The maximum atomic E-state index is 12.5. The Morgan fingerprint density at radius 2 is 1.74 bits per heavy atom. The molecule has 0 saturated carbocycles. The Balaban J connectivity index is 1.49. The zero-order valence-corrected chi connectivity index (χ0v) is 16.3. The van der Waals surface area contributed by atoms with Gasteiger partial charge in [-0.05, 0) is 24.0 Å². The molecular weight excluding hydrogens is 342 g/mol. The summed E-state index contributed by atoms with van der Waals surface area (Å²) in [7, 11) is 0. The van der Waals surface area contributed by atoms with Crippen LogP contribution in [0.25, 0.3) is 0 Å². The highest BCUT2D eigenvalue weighted by Gasteiger charge is 2.41. The number of hydrogen-bond donors (Lipinski definition) is 2. The number of quaternary nitrogens is 1. The third kappa shape index (κ3) is 4.75. The van der Waals surface area contributed by atoms with Crippen molar-refractivity contribution in [2.75, 3.05) is 25.1 Å². The number of anilines is 1. The summed E-state index contributed by atoms with van der Waals surface area (Å²) in [5.74, 6) is -0.0479. The predicted octanol–water partition coefficient (Wildman–Crippen LogP) is 1.44. The largest absolute Gasteiger partial charge is 0.326 e. The van der Waals surface area contributed by atoms with Crippen LogP contribution in [-0.2, 0) is 14.4 Å². The van der Waals surface area contributed by atoms with E-state index in [2.05, 4.69) is 5.32 Å². The van der Waals surface area contributed by atoms with Crippen LogP contribution in [0.1, 0.15) is 46.0 Å². The lowest BCUT2D eigenvalue weighted by atomic mass is 9.77. The van der Waals surface area contributed by atoms with Crippen molar-refractivity contribution in [2.24, 2.45) is 11.3 Å². The van der Waals surface area contributed by atoms with Crippen molar-refractivity contribution in [3.8, 4) is 0 Å². The molecule has 146 valence electrons. The van der Waals surface area contributed by atoms with Crippen molar-refractivity contribution in [1.82, 2.24) is 4.90 Å². The predicted molar refractivity (Wildman–Crippen MR) is 103 cm³/mol. The average Bonchev–Trinajstić information content (AvgIpc) is 2.66. The van der Waals surface area contributed by atoms with Crippen LogP contribution in [0.2, 0.25) is 0 Å². The summed E-state index contributed by atoms with van der Waals surface area (Å²) in [6.07, 6.45) is 3.29. The first kappa shape index (κ1) is 19.5. The molecule has 2 N–H and O–H groups in total. The number of amides is 3. The lowest BCUT2D eigenvalue weighted by Crippen LogP contribution is -3.14. The molecule has 2 aliphatic heterocycles. The summed E-state index contributed by atoms with van der Waals surface area (Å²) in [6.45, 7) is 6.09. The summed E-state index contributed by atoms with van der Waals surface area (Å²) in [4.78, 5) is 40.0. The van der Waals surface area contributed by atoms with Crippen LogP contribution >= 0.6 is 0 Å². The van der Waals surface area contributed by atoms with E-state index < -0.39 is 0 Å². The van der Waals surface area contributed by atoms with Crippen molar-refractivity contribution in [2.45, 2.75) is 46.0 Å². The number of imide groups is 1. The zero-order valence-electron chi connectivity index (χ0n) is 16.3. The fraction of sp³-hybridized carbons (Fsp3) is 0.571. The summed E-state index contributed by atoms with van der Waals surface area (Å²) < 4.78 is 0. The monoisotopic (exact) mass is 372 g/mol. The summed E-state index contributed by atoms with van der Waals surface area (Å²) in [6, 6.07) is 9.49. The first-order valence-corrected chi connectivity index (χ1v) is 9.93. The van der Waals surface area contributed by atoms with Crippen LogP contribution in [0, 0.1) is 11.3 Å². The third-order valence-corrected chi connectivity index (χ3v) is 6.10. The van der Waals surface area contributed by atoms with Crippen LogP contribution in [0.4, 0.5) is 5.69 Å². The molecule has 6 heteroatoms. The molecular formula is C21H30N3O3+. The molecule has 0 bridgehead atoms. The van der Waals surface area contributed by atoms with Gasteiger partial charge in [0.25, 0.3) is 0 Å². The fourth-order valence-corrected chi connectivity index (χ4v) is 3.98. The fourth-order valence-electron chi connectivity index (χ4n) is 3.98.